The number of benzene rings is 1. The number of phenols is 1. The molecule has 24 heavy (non-hydrogen) atoms. The quantitative estimate of drug-likeness (QED) is 0.508. The van der Waals surface area contributed by atoms with Crippen molar-refractivity contribution >= 4 is 12.0 Å². The number of nitrogens with two attached hydrogens (primary N) is 1. The minimum absolute atomic E-state index is 0.139. The Hall–Kier alpha value is -3.01. The molecule has 2 rings (SSSR count). The molecule has 0 aliphatic heterocycles. The maximum atomic E-state index is 9.96. The van der Waals surface area contributed by atoms with Gasteiger partial charge in [-0.15, -0.1) is 0 Å². The molecule has 0 atom stereocenters. The molecule has 7 nitrogen and oxygen atoms in total. The number of phenolic OH excluding ortho intramolecular Hbond substituents is 1. The second-order valence-electron chi connectivity index (χ2n) is 5.28. The number of hydrogen-bond acceptors (Lipinski definition) is 6. The molecular formula is C17H21N5O2. The molecule has 0 unspecified atom stereocenters. The highest BCUT2D eigenvalue weighted by Gasteiger charge is 2.09. The third kappa shape index (κ3) is 4.49. The zero-order valence-electron chi connectivity index (χ0n) is 13.6. The van der Waals surface area contributed by atoms with E-state index >= 15 is 0 Å². The van der Waals surface area contributed by atoms with Crippen LogP contribution in [0.3, 0.4) is 0 Å². The number of aliphatic imine (C=N–C) groups is 1. The van der Waals surface area contributed by atoms with E-state index in [0.29, 0.717) is 36.4 Å². The Morgan fingerprint density at radius 1 is 1.50 bits per heavy atom. The minimum Gasteiger partial charge on any atom is -0.507 e. The summed E-state index contributed by atoms with van der Waals surface area (Å²) in [5, 5.41) is 25.5. The van der Waals surface area contributed by atoms with Crippen LogP contribution in [0.25, 0.3) is 0 Å². The van der Waals surface area contributed by atoms with Crippen LogP contribution in [-0.2, 0) is 6.42 Å². The number of nitriles is 1. The molecule has 0 radical (unpaired) electrons. The van der Waals surface area contributed by atoms with E-state index in [4.69, 9.17) is 15.7 Å². The average molecular weight is 327 g/mol. The fraction of sp³-hybridized carbons (Fsp3) is 0.353. The summed E-state index contributed by atoms with van der Waals surface area (Å²) in [6.45, 7) is 3.21. The van der Waals surface area contributed by atoms with Gasteiger partial charge in [0.05, 0.1) is 12.3 Å². The molecule has 0 saturated carbocycles. The van der Waals surface area contributed by atoms with Crippen molar-refractivity contribution in [3.05, 3.63) is 35.0 Å². The highest BCUT2D eigenvalue weighted by molar-refractivity contribution is 5.83. The van der Waals surface area contributed by atoms with Crippen molar-refractivity contribution < 1.29 is 9.84 Å². The summed E-state index contributed by atoms with van der Waals surface area (Å²) in [5.41, 5.74) is 7.36. The molecular weight excluding hydrogens is 306 g/mol. The second-order valence-corrected chi connectivity index (χ2v) is 5.28. The molecule has 1 heterocycles. The molecule has 0 saturated heterocycles. The zero-order valence-corrected chi connectivity index (χ0v) is 13.6. The number of nitrogen functional groups attached to an aromatic ring is 1. The van der Waals surface area contributed by atoms with Gasteiger partial charge in [-0.1, -0.05) is 6.92 Å². The van der Waals surface area contributed by atoms with E-state index in [-0.39, 0.29) is 11.6 Å². The number of ether oxygens (including phenoxy) is 1. The van der Waals surface area contributed by atoms with E-state index in [2.05, 4.69) is 15.2 Å². The average Bonchev–Trinajstić information content (AvgIpc) is 2.94. The van der Waals surface area contributed by atoms with Gasteiger partial charge in [0.15, 0.2) is 5.82 Å². The van der Waals surface area contributed by atoms with E-state index in [1.807, 2.05) is 19.1 Å². The van der Waals surface area contributed by atoms with Gasteiger partial charge in [0.1, 0.15) is 23.1 Å². The highest BCUT2D eigenvalue weighted by atomic mass is 16.5. The maximum Gasteiger partial charge on any atom is 0.163 e. The van der Waals surface area contributed by atoms with Gasteiger partial charge in [-0.05, 0) is 31.4 Å². The van der Waals surface area contributed by atoms with Crippen molar-refractivity contribution in [1.29, 1.82) is 5.26 Å². The number of H-pyrrole nitrogens is 1. The molecule has 0 aliphatic carbocycles. The molecule has 1 aromatic carbocycles. The first-order chi connectivity index (χ1) is 11.7. The number of aryl methyl sites for hydroxylation is 1. The van der Waals surface area contributed by atoms with E-state index in [9.17, 15) is 5.11 Å². The van der Waals surface area contributed by atoms with Crippen LogP contribution in [-0.4, -0.2) is 34.7 Å². The van der Waals surface area contributed by atoms with Crippen molar-refractivity contribution in [2.24, 2.45) is 4.99 Å². The number of nitrogens with one attached hydrogen (secondary N) is 1. The van der Waals surface area contributed by atoms with Gasteiger partial charge in [-0.3, -0.25) is 10.1 Å². The maximum absolute atomic E-state index is 9.96. The van der Waals surface area contributed by atoms with Crippen LogP contribution < -0.4 is 10.5 Å². The van der Waals surface area contributed by atoms with Crippen LogP contribution in [0.1, 0.15) is 36.6 Å². The van der Waals surface area contributed by atoms with E-state index < -0.39 is 0 Å². The standard InChI is InChI=1S/C17H21N5O2/c1-2-8-24-13-6-5-12(16(23)9-13)11-20-7-3-4-15-14(10-18)17(19)22-21-15/h5-6,9,11,23H,2-4,7-8H2,1H3,(H3,19,21,22). The van der Waals surface area contributed by atoms with Gasteiger partial charge in [0.2, 0.25) is 0 Å². The number of aromatic hydroxyl groups is 1. The summed E-state index contributed by atoms with van der Waals surface area (Å²) in [4.78, 5) is 4.30. The van der Waals surface area contributed by atoms with E-state index in [0.717, 1.165) is 18.5 Å². The Labute approximate surface area is 140 Å². The van der Waals surface area contributed by atoms with Gasteiger partial charge < -0.3 is 15.6 Å². The van der Waals surface area contributed by atoms with Crippen molar-refractivity contribution in [3.63, 3.8) is 0 Å². The smallest absolute Gasteiger partial charge is 0.163 e. The van der Waals surface area contributed by atoms with Crippen molar-refractivity contribution in [3.8, 4) is 17.6 Å². The lowest BCUT2D eigenvalue weighted by Crippen LogP contribution is -1.96. The molecule has 7 heteroatoms. The van der Waals surface area contributed by atoms with E-state index in [1.165, 1.54) is 0 Å². The normalized spacial score (nSPS) is 10.8. The third-order valence-electron chi connectivity index (χ3n) is 3.40. The predicted molar refractivity (Wildman–Crippen MR) is 92.4 cm³/mol. The monoisotopic (exact) mass is 327 g/mol. The van der Waals surface area contributed by atoms with Gasteiger partial charge in [0.25, 0.3) is 0 Å². The van der Waals surface area contributed by atoms with Gasteiger partial charge in [0, 0.05) is 24.4 Å². The molecule has 0 amide bonds. The van der Waals surface area contributed by atoms with Crippen LogP contribution in [0, 0.1) is 11.3 Å². The lowest BCUT2D eigenvalue weighted by atomic mass is 10.1. The summed E-state index contributed by atoms with van der Waals surface area (Å²) in [6.07, 6.45) is 3.93. The van der Waals surface area contributed by atoms with Crippen LogP contribution >= 0.6 is 0 Å². The highest BCUT2D eigenvalue weighted by Crippen LogP contribution is 2.22. The third-order valence-corrected chi connectivity index (χ3v) is 3.40. The van der Waals surface area contributed by atoms with Crippen molar-refractivity contribution in [1.82, 2.24) is 10.2 Å². The first-order valence-electron chi connectivity index (χ1n) is 7.84. The fourth-order valence-electron chi connectivity index (χ4n) is 2.15. The Morgan fingerprint density at radius 2 is 2.33 bits per heavy atom. The Kier molecular flexibility index (Phi) is 6.20. The number of nitrogens with zero attached hydrogens (tertiary/aromatic N) is 3. The van der Waals surface area contributed by atoms with Crippen LogP contribution in [0.2, 0.25) is 0 Å². The minimum atomic E-state index is 0.139. The van der Waals surface area contributed by atoms with Crippen molar-refractivity contribution in [2.45, 2.75) is 26.2 Å². The number of hydrogen-bond donors (Lipinski definition) is 3. The summed E-state index contributed by atoms with van der Waals surface area (Å²) in [7, 11) is 0. The Balaban J connectivity index is 1.85. The topological polar surface area (TPSA) is 120 Å². The van der Waals surface area contributed by atoms with Crippen LogP contribution in [0.15, 0.2) is 23.2 Å². The fourth-order valence-corrected chi connectivity index (χ4v) is 2.15. The number of aromatic nitrogens is 2. The largest absolute Gasteiger partial charge is 0.507 e. The Morgan fingerprint density at radius 3 is 3.04 bits per heavy atom. The predicted octanol–water partition coefficient (Wildman–Crippen LogP) is 2.41. The SMILES string of the molecule is CCCOc1ccc(C=NCCCc2[nH]nc(N)c2C#N)c(O)c1. The zero-order chi connectivity index (χ0) is 17.4. The molecule has 2 aromatic rings. The van der Waals surface area contributed by atoms with Gasteiger partial charge in [-0.2, -0.15) is 10.4 Å². The first kappa shape index (κ1) is 17.3. The number of rotatable bonds is 8. The molecule has 126 valence electrons. The summed E-state index contributed by atoms with van der Waals surface area (Å²) < 4.78 is 5.46. The lowest BCUT2D eigenvalue weighted by Gasteiger charge is -2.06. The summed E-state index contributed by atoms with van der Waals surface area (Å²) in [6, 6.07) is 7.20. The first-order valence-corrected chi connectivity index (χ1v) is 7.84. The molecule has 4 N–H and O–H groups in total. The van der Waals surface area contributed by atoms with Gasteiger partial charge in [-0.25, -0.2) is 0 Å². The second kappa shape index (κ2) is 8.58. The molecule has 0 fully saturated rings. The molecule has 1 aromatic heterocycles. The lowest BCUT2D eigenvalue weighted by molar-refractivity contribution is 0.315. The van der Waals surface area contributed by atoms with Crippen molar-refractivity contribution in [2.75, 3.05) is 18.9 Å². The number of aromatic amines is 1. The molecule has 0 spiro atoms. The van der Waals surface area contributed by atoms with E-state index in [1.54, 1.807) is 18.3 Å². The number of anilines is 1. The molecule has 0 bridgehead atoms. The Bertz CT molecular complexity index is 746. The molecule has 0 aliphatic rings. The van der Waals surface area contributed by atoms with Crippen LogP contribution in [0.5, 0.6) is 11.5 Å². The summed E-state index contributed by atoms with van der Waals surface area (Å²) in [5.74, 6) is 1.01. The van der Waals surface area contributed by atoms with Crippen LogP contribution in [0.4, 0.5) is 5.82 Å². The summed E-state index contributed by atoms with van der Waals surface area (Å²) >= 11 is 0. The van der Waals surface area contributed by atoms with Gasteiger partial charge >= 0.3 is 0 Å².